The van der Waals surface area contributed by atoms with E-state index >= 15 is 0 Å². The van der Waals surface area contributed by atoms with E-state index in [0.29, 0.717) is 17.5 Å². The molecule has 1 aromatic rings. The second-order valence-corrected chi connectivity index (χ2v) is 4.93. The van der Waals surface area contributed by atoms with E-state index in [9.17, 15) is 9.59 Å². The molecule has 0 aromatic carbocycles. The van der Waals surface area contributed by atoms with Crippen LogP contribution in [0.15, 0.2) is 17.4 Å². The van der Waals surface area contributed by atoms with E-state index in [1.165, 1.54) is 29.1 Å². The Kier molecular flexibility index (Phi) is 6.23. The Labute approximate surface area is 121 Å². The van der Waals surface area contributed by atoms with Crippen molar-refractivity contribution >= 4 is 29.5 Å². The van der Waals surface area contributed by atoms with Gasteiger partial charge in [0.15, 0.2) is 0 Å². The van der Waals surface area contributed by atoms with Gasteiger partial charge < -0.3 is 14.7 Å². The number of nitrogens with zero attached hydrogens (tertiary/aromatic N) is 3. The third kappa shape index (κ3) is 4.69. The van der Waals surface area contributed by atoms with Crippen molar-refractivity contribution in [2.45, 2.75) is 24.9 Å². The van der Waals surface area contributed by atoms with Gasteiger partial charge in [-0.25, -0.2) is 9.78 Å². The van der Waals surface area contributed by atoms with Crippen molar-refractivity contribution < 1.29 is 19.4 Å². The molecular weight excluding hydrogens is 282 g/mol. The summed E-state index contributed by atoms with van der Waals surface area (Å²) in [6.45, 7) is 3.64. The van der Waals surface area contributed by atoms with Crippen LogP contribution in [-0.4, -0.2) is 52.5 Å². The highest BCUT2D eigenvalue weighted by Crippen LogP contribution is 2.18. The van der Waals surface area contributed by atoms with Gasteiger partial charge >= 0.3 is 11.9 Å². The first kappa shape index (κ1) is 16.2. The van der Waals surface area contributed by atoms with Crippen molar-refractivity contribution in [3.63, 3.8) is 0 Å². The molecule has 1 aromatic heterocycles. The number of carboxylic acid groups (broad SMARTS) is 1. The van der Waals surface area contributed by atoms with Crippen LogP contribution in [0.5, 0.6) is 0 Å². The van der Waals surface area contributed by atoms with E-state index in [4.69, 9.17) is 9.84 Å². The fourth-order valence-corrected chi connectivity index (χ4v) is 1.92. The van der Waals surface area contributed by atoms with Crippen LogP contribution in [-0.2, 0) is 14.3 Å². The van der Waals surface area contributed by atoms with Crippen LogP contribution in [0.2, 0.25) is 0 Å². The van der Waals surface area contributed by atoms with Crippen LogP contribution in [0.1, 0.15) is 13.8 Å². The Morgan fingerprint density at radius 2 is 2.20 bits per heavy atom. The maximum Gasteiger partial charge on any atom is 0.326 e. The zero-order valence-electron chi connectivity index (χ0n) is 11.6. The molecule has 8 heteroatoms. The molecule has 1 N–H and O–H groups in total. The van der Waals surface area contributed by atoms with E-state index in [2.05, 4.69) is 9.97 Å². The van der Waals surface area contributed by atoms with Crippen LogP contribution in [0.4, 0.5) is 5.82 Å². The van der Waals surface area contributed by atoms with Crippen molar-refractivity contribution in [1.82, 2.24) is 9.97 Å². The molecule has 1 unspecified atom stereocenters. The molecule has 0 aliphatic heterocycles. The first-order valence-corrected chi connectivity index (χ1v) is 7.00. The predicted octanol–water partition coefficient (Wildman–Crippen LogP) is 1.04. The molecule has 0 saturated heterocycles. The van der Waals surface area contributed by atoms with E-state index in [-0.39, 0.29) is 11.7 Å². The van der Waals surface area contributed by atoms with Gasteiger partial charge in [0, 0.05) is 7.05 Å². The number of esters is 1. The average Bonchev–Trinajstić information content (AvgIpc) is 2.44. The zero-order chi connectivity index (χ0) is 15.1. The number of carbonyl (C=O) groups excluding carboxylic acids is 1. The van der Waals surface area contributed by atoms with Crippen LogP contribution in [0.3, 0.4) is 0 Å². The van der Waals surface area contributed by atoms with Crippen molar-refractivity contribution in [3.05, 3.63) is 12.4 Å². The number of ether oxygens (including phenoxy) is 1. The van der Waals surface area contributed by atoms with Gasteiger partial charge in [0.1, 0.15) is 16.9 Å². The lowest BCUT2D eigenvalue weighted by Gasteiger charge is -2.22. The molecule has 0 bridgehead atoms. The lowest BCUT2D eigenvalue weighted by molar-refractivity contribution is -0.140. The minimum absolute atomic E-state index is 0.143. The molecule has 0 amide bonds. The number of anilines is 1. The van der Waals surface area contributed by atoms with Crippen molar-refractivity contribution in [1.29, 1.82) is 0 Å². The summed E-state index contributed by atoms with van der Waals surface area (Å²) in [5, 5.41) is 9.50. The average molecular weight is 299 g/mol. The molecular formula is C12H17N3O4S. The van der Waals surface area contributed by atoms with Crippen molar-refractivity contribution in [2.24, 2.45) is 0 Å². The Bertz CT molecular complexity index is 484. The van der Waals surface area contributed by atoms with Crippen LogP contribution >= 0.6 is 11.8 Å². The summed E-state index contributed by atoms with van der Waals surface area (Å²) in [4.78, 5) is 32.0. The highest BCUT2D eigenvalue weighted by atomic mass is 32.2. The SMILES string of the molecule is CCOC(=O)CSc1cncc(N(C)C(C)C(=O)O)n1. The highest BCUT2D eigenvalue weighted by molar-refractivity contribution is 7.99. The number of carbonyl (C=O) groups is 2. The highest BCUT2D eigenvalue weighted by Gasteiger charge is 2.18. The van der Waals surface area contributed by atoms with E-state index in [0.717, 1.165) is 0 Å². The number of hydrogen-bond donors (Lipinski definition) is 1. The molecule has 1 rings (SSSR count). The summed E-state index contributed by atoms with van der Waals surface area (Å²) in [6, 6.07) is -0.713. The summed E-state index contributed by atoms with van der Waals surface area (Å²) in [6.07, 6.45) is 3.00. The summed E-state index contributed by atoms with van der Waals surface area (Å²) < 4.78 is 4.81. The van der Waals surface area contributed by atoms with Gasteiger partial charge in [0.25, 0.3) is 0 Å². The summed E-state index contributed by atoms with van der Waals surface area (Å²) in [5.41, 5.74) is 0. The molecule has 0 spiro atoms. The Morgan fingerprint density at radius 1 is 1.50 bits per heavy atom. The second-order valence-electron chi connectivity index (χ2n) is 3.93. The number of rotatable bonds is 7. The third-order valence-electron chi connectivity index (χ3n) is 2.54. The Balaban J connectivity index is 2.70. The van der Waals surface area contributed by atoms with Gasteiger partial charge in [0.2, 0.25) is 0 Å². The largest absolute Gasteiger partial charge is 0.480 e. The topological polar surface area (TPSA) is 92.6 Å². The number of aromatic nitrogens is 2. The first-order valence-electron chi connectivity index (χ1n) is 6.01. The summed E-state index contributed by atoms with van der Waals surface area (Å²) in [5.74, 6) is -0.686. The molecule has 110 valence electrons. The summed E-state index contributed by atoms with van der Waals surface area (Å²) >= 11 is 1.20. The first-order chi connectivity index (χ1) is 9.45. The van der Waals surface area contributed by atoms with Gasteiger partial charge in [-0.2, -0.15) is 0 Å². The smallest absolute Gasteiger partial charge is 0.326 e. The van der Waals surface area contributed by atoms with Gasteiger partial charge in [-0.15, -0.1) is 0 Å². The Morgan fingerprint density at radius 3 is 2.80 bits per heavy atom. The van der Waals surface area contributed by atoms with Gasteiger partial charge in [-0.1, -0.05) is 11.8 Å². The number of aliphatic carboxylic acids is 1. The lowest BCUT2D eigenvalue weighted by atomic mass is 10.3. The molecule has 7 nitrogen and oxygen atoms in total. The van der Waals surface area contributed by atoms with E-state index in [1.54, 1.807) is 20.9 Å². The maximum atomic E-state index is 11.3. The standard InChI is InChI=1S/C12H17N3O4S/c1-4-19-11(16)7-20-10-6-13-5-9(14-10)15(3)8(2)12(17)18/h5-6,8H,4,7H2,1-3H3,(H,17,18). The monoisotopic (exact) mass is 299 g/mol. The fraction of sp³-hybridized carbons (Fsp3) is 0.500. The van der Waals surface area contributed by atoms with Gasteiger partial charge in [-0.05, 0) is 13.8 Å². The van der Waals surface area contributed by atoms with Gasteiger partial charge in [0.05, 0.1) is 24.8 Å². The Hall–Kier alpha value is -1.83. The van der Waals surface area contributed by atoms with E-state index < -0.39 is 12.0 Å². The maximum absolute atomic E-state index is 11.3. The van der Waals surface area contributed by atoms with Gasteiger partial charge in [-0.3, -0.25) is 9.78 Å². The predicted molar refractivity (Wildman–Crippen MR) is 74.9 cm³/mol. The minimum atomic E-state index is -0.945. The van der Waals surface area contributed by atoms with Crippen LogP contribution in [0, 0.1) is 0 Å². The quantitative estimate of drug-likeness (QED) is 0.590. The summed E-state index contributed by atoms with van der Waals surface area (Å²) in [7, 11) is 1.63. The lowest BCUT2D eigenvalue weighted by Crippen LogP contribution is -2.36. The second kappa shape index (κ2) is 7.68. The van der Waals surface area contributed by atoms with Crippen molar-refractivity contribution in [3.8, 4) is 0 Å². The number of likely N-dealkylation sites (N-methyl/N-ethyl adjacent to an activating group) is 1. The molecule has 0 aliphatic carbocycles. The normalized spacial score (nSPS) is 11.8. The molecule has 1 heterocycles. The number of thioether (sulfide) groups is 1. The minimum Gasteiger partial charge on any atom is -0.480 e. The molecule has 1 atom stereocenters. The molecule has 20 heavy (non-hydrogen) atoms. The molecule has 0 saturated carbocycles. The third-order valence-corrected chi connectivity index (χ3v) is 3.42. The van der Waals surface area contributed by atoms with Crippen LogP contribution < -0.4 is 4.90 Å². The molecule has 0 aliphatic rings. The molecule has 0 fully saturated rings. The number of hydrogen-bond acceptors (Lipinski definition) is 7. The van der Waals surface area contributed by atoms with Crippen LogP contribution in [0.25, 0.3) is 0 Å². The zero-order valence-corrected chi connectivity index (χ0v) is 12.4. The number of carboxylic acids is 1. The molecule has 0 radical (unpaired) electrons. The van der Waals surface area contributed by atoms with E-state index in [1.807, 2.05) is 0 Å². The van der Waals surface area contributed by atoms with Crippen molar-refractivity contribution in [2.75, 3.05) is 24.3 Å². The fourth-order valence-electron chi connectivity index (χ4n) is 1.28.